The Bertz CT molecular complexity index is 718. The maximum absolute atomic E-state index is 11.5. The largest absolute Gasteiger partial charge is 0.489 e. The van der Waals surface area contributed by atoms with Gasteiger partial charge < -0.3 is 15.2 Å². The second kappa shape index (κ2) is 8.93. The molecular formula is C18H18ClNO4. The fourth-order valence-electron chi connectivity index (χ4n) is 2.03. The zero-order valence-electron chi connectivity index (χ0n) is 13.0. The predicted octanol–water partition coefficient (Wildman–Crippen LogP) is 3.40. The SMILES string of the molecule is O=C(O)CCC(=O)NCc1cccc(OCc2ccccc2Cl)c1. The van der Waals surface area contributed by atoms with E-state index in [1.807, 2.05) is 48.5 Å². The lowest BCUT2D eigenvalue weighted by atomic mass is 10.2. The molecule has 0 fully saturated rings. The highest BCUT2D eigenvalue weighted by molar-refractivity contribution is 6.31. The molecule has 0 saturated carbocycles. The number of carbonyl (C=O) groups excluding carboxylic acids is 1. The van der Waals surface area contributed by atoms with Gasteiger partial charge in [-0.2, -0.15) is 0 Å². The molecule has 0 heterocycles. The Morgan fingerprint density at radius 2 is 1.88 bits per heavy atom. The summed E-state index contributed by atoms with van der Waals surface area (Å²) in [6.07, 6.45) is -0.204. The van der Waals surface area contributed by atoms with Gasteiger partial charge in [0.2, 0.25) is 5.91 Å². The third-order valence-electron chi connectivity index (χ3n) is 3.31. The lowest BCUT2D eigenvalue weighted by molar-refractivity contribution is -0.138. The summed E-state index contributed by atoms with van der Waals surface area (Å²) in [4.78, 5) is 22.0. The molecule has 2 rings (SSSR count). The zero-order valence-corrected chi connectivity index (χ0v) is 13.8. The van der Waals surface area contributed by atoms with E-state index in [0.29, 0.717) is 23.9 Å². The predicted molar refractivity (Wildman–Crippen MR) is 90.9 cm³/mol. The molecule has 126 valence electrons. The van der Waals surface area contributed by atoms with Crippen LogP contribution in [0.15, 0.2) is 48.5 Å². The number of carbonyl (C=O) groups is 2. The molecule has 2 aromatic rings. The Morgan fingerprint density at radius 1 is 1.08 bits per heavy atom. The average Bonchev–Trinajstić information content (AvgIpc) is 2.58. The smallest absolute Gasteiger partial charge is 0.303 e. The van der Waals surface area contributed by atoms with Gasteiger partial charge in [0.25, 0.3) is 0 Å². The highest BCUT2D eigenvalue weighted by atomic mass is 35.5. The fourth-order valence-corrected chi connectivity index (χ4v) is 2.22. The summed E-state index contributed by atoms with van der Waals surface area (Å²) in [6.45, 7) is 0.676. The van der Waals surface area contributed by atoms with Gasteiger partial charge in [0, 0.05) is 23.6 Å². The molecule has 0 unspecified atom stereocenters. The molecule has 0 aliphatic heterocycles. The van der Waals surface area contributed by atoms with Crippen LogP contribution in [0.3, 0.4) is 0 Å². The molecule has 2 aromatic carbocycles. The van der Waals surface area contributed by atoms with Crippen molar-refractivity contribution in [1.29, 1.82) is 0 Å². The van der Waals surface area contributed by atoms with E-state index in [9.17, 15) is 9.59 Å². The van der Waals surface area contributed by atoms with Crippen LogP contribution in [0.5, 0.6) is 5.75 Å². The number of nitrogens with one attached hydrogen (secondary N) is 1. The monoisotopic (exact) mass is 347 g/mol. The minimum atomic E-state index is -0.986. The number of halogens is 1. The van der Waals surface area contributed by atoms with Crippen molar-refractivity contribution < 1.29 is 19.4 Å². The van der Waals surface area contributed by atoms with Crippen molar-refractivity contribution in [2.45, 2.75) is 26.0 Å². The first kappa shape index (κ1) is 17.8. The Morgan fingerprint density at radius 3 is 2.62 bits per heavy atom. The molecule has 6 heteroatoms. The number of carboxylic acid groups (broad SMARTS) is 1. The number of benzene rings is 2. The maximum atomic E-state index is 11.5. The summed E-state index contributed by atoms with van der Waals surface area (Å²) in [6, 6.07) is 14.8. The average molecular weight is 348 g/mol. The van der Waals surface area contributed by atoms with Gasteiger partial charge in [-0.05, 0) is 23.8 Å². The van der Waals surface area contributed by atoms with Crippen LogP contribution in [0.2, 0.25) is 5.02 Å². The van der Waals surface area contributed by atoms with Gasteiger partial charge >= 0.3 is 5.97 Å². The summed E-state index contributed by atoms with van der Waals surface area (Å²) in [5, 5.41) is 11.9. The lowest BCUT2D eigenvalue weighted by Gasteiger charge is -2.10. The van der Waals surface area contributed by atoms with Crippen molar-refractivity contribution in [3.05, 3.63) is 64.7 Å². The Hall–Kier alpha value is -2.53. The van der Waals surface area contributed by atoms with Crippen molar-refractivity contribution >= 4 is 23.5 Å². The molecule has 0 spiro atoms. The van der Waals surface area contributed by atoms with E-state index in [4.69, 9.17) is 21.4 Å². The topological polar surface area (TPSA) is 75.6 Å². The number of ether oxygens (including phenoxy) is 1. The quantitative estimate of drug-likeness (QED) is 0.767. The van der Waals surface area contributed by atoms with Gasteiger partial charge in [-0.15, -0.1) is 0 Å². The van der Waals surface area contributed by atoms with Crippen LogP contribution in [0.25, 0.3) is 0 Å². The molecule has 2 N–H and O–H groups in total. The van der Waals surface area contributed by atoms with Crippen LogP contribution in [0, 0.1) is 0 Å². The summed E-state index contributed by atoms with van der Waals surface area (Å²) in [7, 11) is 0. The van der Waals surface area contributed by atoms with Crippen molar-refractivity contribution in [2.75, 3.05) is 0 Å². The first-order valence-electron chi connectivity index (χ1n) is 7.48. The van der Waals surface area contributed by atoms with E-state index in [1.54, 1.807) is 0 Å². The molecule has 0 aliphatic carbocycles. The van der Waals surface area contributed by atoms with Crippen molar-refractivity contribution in [2.24, 2.45) is 0 Å². The summed E-state index contributed by atoms with van der Waals surface area (Å²) in [5.74, 6) is -0.605. The number of rotatable bonds is 8. The Kier molecular flexibility index (Phi) is 6.63. The number of amides is 1. The van der Waals surface area contributed by atoms with Crippen LogP contribution >= 0.6 is 11.6 Å². The summed E-state index contributed by atoms with van der Waals surface area (Å²) >= 11 is 6.09. The molecule has 0 atom stereocenters. The van der Waals surface area contributed by atoms with Gasteiger partial charge in [-0.25, -0.2) is 0 Å². The second-order valence-electron chi connectivity index (χ2n) is 5.20. The molecule has 0 radical (unpaired) electrons. The molecule has 24 heavy (non-hydrogen) atoms. The van der Waals surface area contributed by atoms with Gasteiger partial charge in [-0.1, -0.05) is 41.9 Å². The number of hydrogen-bond acceptors (Lipinski definition) is 3. The lowest BCUT2D eigenvalue weighted by Crippen LogP contribution is -2.23. The zero-order chi connectivity index (χ0) is 17.4. The minimum Gasteiger partial charge on any atom is -0.489 e. The van der Waals surface area contributed by atoms with Crippen LogP contribution in [-0.2, 0) is 22.7 Å². The van der Waals surface area contributed by atoms with Crippen molar-refractivity contribution in [3.63, 3.8) is 0 Å². The first-order chi connectivity index (χ1) is 11.5. The molecule has 0 bridgehead atoms. The van der Waals surface area contributed by atoms with E-state index in [-0.39, 0.29) is 18.7 Å². The van der Waals surface area contributed by atoms with E-state index < -0.39 is 5.97 Å². The van der Waals surface area contributed by atoms with Crippen molar-refractivity contribution in [3.8, 4) is 5.75 Å². The molecule has 0 aliphatic rings. The van der Waals surface area contributed by atoms with Crippen LogP contribution in [-0.4, -0.2) is 17.0 Å². The van der Waals surface area contributed by atoms with E-state index in [0.717, 1.165) is 11.1 Å². The van der Waals surface area contributed by atoms with Gasteiger partial charge in [0.1, 0.15) is 12.4 Å². The normalized spacial score (nSPS) is 10.2. The number of carboxylic acids is 1. The molecule has 1 amide bonds. The van der Waals surface area contributed by atoms with Crippen LogP contribution in [0.4, 0.5) is 0 Å². The Labute approximate surface area is 145 Å². The highest BCUT2D eigenvalue weighted by Crippen LogP contribution is 2.19. The second-order valence-corrected chi connectivity index (χ2v) is 5.61. The standard InChI is InChI=1S/C18H18ClNO4/c19-16-7-2-1-5-14(16)12-24-15-6-3-4-13(10-15)11-20-17(21)8-9-18(22)23/h1-7,10H,8-9,11-12H2,(H,20,21)(H,22,23). The number of hydrogen-bond donors (Lipinski definition) is 2. The molecule has 0 saturated heterocycles. The molecule has 5 nitrogen and oxygen atoms in total. The van der Waals surface area contributed by atoms with E-state index in [1.165, 1.54) is 0 Å². The first-order valence-corrected chi connectivity index (χ1v) is 7.86. The van der Waals surface area contributed by atoms with E-state index in [2.05, 4.69) is 5.32 Å². The fraction of sp³-hybridized carbons (Fsp3) is 0.222. The van der Waals surface area contributed by atoms with Gasteiger partial charge in [0.05, 0.1) is 6.42 Å². The third-order valence-corrected chi connectivity index (χ3v) is 3.67. The summed E-state index contributed by atoms with van der Waals surface area (Å²) in [5.41, 5.74) is 1.77. The number of aliphatic carboxylic acids is 1. The maximum Gasteiger partial charge on any atom is 0.303 e. The van der Waals surface area contributed by atoms with Gasteiger partial charge in [-0.3, -0.25) is 9.59 Å². The highest BCUT2D eigenvalue weighted by Gasteiger charge is 2.06. The third kappa shape index (κ3) is 5.93. The van der Waals surface area contributed by atoms with Crippen LogP contribution < -0.4 is 10.1 Å². The molecule has 0 aromatic heterocycles. The Balaban J connectivity index is 1.86. The van der Waals surface area contributed by atoms with E-state index >= 15 is 0 Å². The van der Waals surface area contributed by atoms with Crippen LogP contribution in [0.1, 0.15) is 24.0 Å². The molecular weight excluding hydrogens is 330 g/mol. The summed E-state index contributed by atoms with van der Waals surface area (Å²) < 4.78 is 5.72. The van der Waals surface area contributed by atoms with Crippen molar-refractivity contribution in [1.82, 2.24) is 5.32 Å². The van der Waals surface area contributed by atoms with Gasteiger partial charge in [0.15, 0.2) is 0 Å². The minimum absolute atomic E-state index is 0.0297.